The highest BCUT2D eigenvalue weighted by Crippen LogP contribution is 2.35. The van der Waals surface area contributed by atoms with Crippen LogP contribution in [0.25, 0.3) is 15.7 Å². The zero-order valence-electron chi connectivity index (χ0n) is 19.3. The number of thioether (sulfide) groups is 1. The molecule has 2 aliphatic rings. The quantitative estimate of drug-likeness (QED) is 0.438. The molecule has 0 radical (unpaired) electrons. The standard InChI is InChI=1S/C26H26N2O4S2/c1-14-4-5-18(12-15(14)2)25-27-20(16(3)32-25)8-10-31-21-7-6-17(23-19(21)9-11-33-23)13-22-24(29)28-26(30)34-22/h4-7,9,11-12,14-15,22H,8,10,13H2,1-3H3,(H,28,29,30). The highest BCUT2D eigenvalue weighted by atomic mass is 32.2. The van der Waals surface area contributed by atoms with Gasteiger partial charge in [-0.1, -0.05) is 49.9 Å². The molecule has 2 amide bonds. The molecule has 1 fully saturated rings. The number of benzene rings is 1. The van der Waals surface area contributed by atoms with Crippen LogP contribution in [0.2, 0.25) is 0 Å². The largest absolute Gasteiger partial charge is 0.493 e. The maximum absolute atomic E-state index is 12.0. The second kappa shape index (κ2) is 9.43. The molecule has 0 bridgehead atoms. The molecule has 8 heteroatoms. The number of thiophene rings is 1. The average Bonchev–Trinajstić information content (AvgIpc) is 3.51. The lowest BCUT2D eigenvalue weighted by molar-refractivity contribution is -0.118. The molecule has 3 heterocycles. The first-order valence-electron chi connectivity index (χ1n) is 11.4. The molecule has 1 N–H and O–H groups in total. The Kier molecular flexibility index (Phi) is 6.36. The van der Waals surface area contributed by atoms with Gasteiger partial charge < -0.3 is 9.15 Å². The normalized spacial score (nSPS) is 22.3. The van der Waals surface area contributed by atoms with Gasteiger partial charge in [0.2, 0.25) is 11.8 Å². The molecule has 6 nitrogen and oxygen atoms in total. The van der Waals surface area contributed by atoms with Crippen molar-refractivity contribution in [2.24, 2.45) is 11.8 Å². The van der Waals surface area contributed by atoms with Gasteiger partial charge in [0.1, 0.15) is 11.5 Å². The maximum atomic E-state index is 12.0. The van der Waals surface area contributed by atoms with Gasteiger partial charge in [0, 0.05) is 22.1 Å². The monoisotopic (exact) mass is 494 g/mol. The third-order valence-corrected chi connectivity index (χ3v) is 8.39. The molecule has 3 unspecified atom stereocenters. The molecule has 1 saturated heterocycles. The fraction of sp³-hybridized carbons (Fsp3) is 0.346. The van der Waals surface area contributed by atoms with Gasteiger partial charge in [0.05, 0.1) is 17.6 Å². The van der Waals surface area contributed by atoms with Crippen LogP contribution in [-0.2, 0) is 17.6 Å². The second-order valence-corrected chi connectivity index (χ2v) is 10.9. The number of imide groups is 1. The molecule has 3 aromatic rings. The summed E-state index contributed by atoms with van der Waals surface area (Å²) in [4.78, 5) is 28.2. The van der Waals surface area contributed by atoms with Gasteiger partial charge in [0.25, 0.3) is 5.24 Å². The van der Waals surface area contributed by atoms with Crippen LogP contribution < -0.4 is 10.1 Å². The Bertz CT molecular complexity index is 1320. The number of aromatic nitrogens is 1. The van der Waals surface area contributed by atoms with Crippen molar-refractivity contribution < 1.29 is 18.7 Å². The lowest BCUT2D eigenvalue weighted by Crippen LogP contribution is -2.25. The number of aryl methyl sites for hydroxylation is 1. The van der Waals surface area contributed by atoms with Crippen LogP contribution in [0.1, 0.15) is 36.8 Å². The van der Waals surface area contributed by atoms with Crippen LogP contribution in [0.3, 0.4) is 0 Å². The Morgan fingerprint density at radius 3 is 2.79 bits per heavy atom. The zero-order chi connectivity index (χ0) is 23.8. The summed E-state index contributed by atoms with van der Waals surface area (Å²) >= 11 is 2.68. The number of amides is 2. The number of carbonyl (C=O) groups is 2. The van der Waals surface area contributed by atoms with Crippen LogP contribution in [0, 0.1) is 18.8 Å². The molecular formula is C26H26N2O4S2. The van der Waals surface area contributed by atoms with E-state index < -0.39 is 0 Å². The van der Waals surface area contributed by atoms with Crippen molar-refractivity contribution in [3.05, 3.63) is 64.7 Å². The third-order valence-electron chi connectivity index (χ3n) is 6.42. The summed E-state index contributed by atoms with van der Waals surface area (Å²) in [7, 11) is 0. The highest BCUT2D eigenvalue weighted by Gasteiger charge is 2.32. The minimum absolute atomic E-state index is 0.217. The van der Waals surface area contributed by atoms with Crippen molar-refractivity contribution in [1.82, 2.24) is 10.3 Å². The molecule has 1 aliphatic carbocycles. The number of rotatable bonds is 7. The minimum Gasteiger partial charge on any atom is -0.493 e. The lowest BCUT2D eigenvalue weighted by Gasteiger charge is -2.17. The topological polar surface area (TPSA) is 81.4 Å². The smallest absolute Gasteiger partial charge is 0.286 e. The van der Waals surface area contributed by atoms with Gasteiger partial charge in [-0.3, -0.25) is 14.9 Å². The fourth-order valence-corrected chi connectivity index (χ4v) is 6.00. The van der Waals surface area contributed by atoms with Crippen LogP contribution in [0.4, 0.5) is 4.79 Å². The van der Waals surface area contributed by atoms with Crippen molar-refractivity contribution in [3.63, 3.8) is 0 Å². The summed E-state index contributed by atoms with van der Waals surface area (Å²) in [5.74, 6) is 3.05. The summed E-state index contributed by atoms with van der Waals surface area (Å²) in [6.45, 7) is 6.84. The van der Waals surface area contributed by atoms with E-state index in [1.54, 1.807) is 11.3 Å². The summed E-state index contributed by atoms with van der Waals surface area (Å²) in [6, 6.07) is 5.98. The van der Waals surface area contributed by atoms with Crippen molar-refractivity contribution >= 4 is 49.9 Å². The maximum Gasteiger partial charge on any atom is 0.286 e. The van der Waals surface area contributed by atoms with Gasteiger partial charge in [-0.2, -0.15) is 0 Å². The first-order valence-corrected chi connectivity index (χ1v) is 13.1. The summed E-state index contributed by atoms with van der Waals surface area (Å²) < 4.78 is 13.2. The second-order valence-electron chi connectivity index (χ2n) is 8.79. The average molecular weight is 495 g/mol. The SMILES string of the molecule is Cc1oc(C2=CC(C)C(C)C=C2)nc1CCOc1ccc(CC2SC(=O)NC2=O)c2sccc12. The van der Waals surface area contributed by atoms with Crippen LogP contribution in [0.5, 0.6) is 5.75 Å². The van der Waals surface area contributed by atoms with Gasteiger partial charge in [-0.05, 0) is 48.3 Å². The number of oxazole rings is 1. The van der Waals surface area contributed by atoms with Crippen LogP contribution >= 0.6 is 23.1 Å². The molecule has 2 aromatic heterocycles. The predicted molar refractivity (Wildman–Crippen MR) is 136 cm³/mol. The Labute approximate surface area is 206 Å². The van der Waals surface area contributed by atoms with E-state index in [1.165, 1.54) is 0 Å². The summed E-state index contributed by atoms with van der Waals surface area (Å²) in [6.07, 6.45) is 7.67. The molecule has 0 spiro atoms. The number of carbonyl (C=O) groups excluding carboxylic acids is 2. The van der Waals surface area contributed by atoms with Crippen molar-refractivity contribution in [1.29, 1.82) is 0 Å². The summed E-state index contributed by atoms with van der Waals surface area (Å²) in [5, 5.41) is 4.75. The minimum atomic E-state index is -0.380. The first kappa shape index (κ1) is 22.9. The van der Waals surface area contributed by atoms with Gasteiger partial charge >= 0.3 is 0 Å². The van der Waals surface area contributed by atoms with Crippen LogP contribution in [0.15, 0.2) is 46.2 Å². The van der Waals surface area contributed by atoms with Gasteiger partial charge in [-0.25, -0.2) is 4.98 Å². The van der Waals surface area contributed by atoms with Gasteiger partial charge in [0.15, 0.2) is 0 Å². The number of allylic oxidation sites excluding steroid dienone is 4. The molecule has 1 aromatic carbocycles. The Morgan fingerprint density at radius 1 is 1.18 bits per heavy atom. The molecule has 3 atom stereocenters. The molecule has 34 heavy (non-hydrogen) atoms. The fourth-order valence-electron chi connectivity index (χ4n) is 4.21. The first-order chi connectivity index (χ1) is 16.4. The molecule has 5 rings (SSSR count). The number of hydrogen-bond acceptors (Lipinski definition) is 7. The number of hydrogen-bond donors (Lipinski definition) is 1. The highest BCUT2D eigenvalue weighted by molar-refractivity contribution is 8.15. The third kappa shape index (κ3) is 4.57. The number of nitrogens with one attached hydrogen (secondary N) is 1. The van der Waals surface area contributed by atoms with Crippen molar-refractivity contribution in [2.75, 3.05) is 6.61 Å². The van der Waals surface area contributed by atoms with E-state index in [4.69, 9.17) is 14.1 Å². The van der Waals surface area contributed by atoms with E-state index in [1.807, 2.05) is 30.5 Å². The number of fused-ring (bicyclic) bond motifs is 1. The lowest BCUT2D eigenvalue weighted by atomic mass is 9.89. The molecule has 1 aliphatic heterocycles. The number of ether oxygens (including phenoxy) is 1. The van der Waals surface area contributed by atoms with Crippen molar-refractivity contribution in [2.45, 2.75) is 38.9 Å². The van der Waals surface area contributed by atoms with Crippen molar-refractivity contribution in [3.8, 4) is 5.75 Å². The van der Waals surface area contributed by atoms with Crippen LogP contribution in [-0.4, -0.2) is 28.0 Å². The van der Waals surface area contributed by atoms with Gasteiger partial charge in [-0.15, -0.1) is 11.3 Å². The zero-order valence-corrected chi connectivity index (χ0v) is 20.9. The van der Waals surface area contributed by atoms with E-state index in [9.17, 15) is 9.59 Å². The van der Waals surface area contributed by atoms with E-state index in [2.05, 4.69) is 37.4 Å². The van der Waals surface area contributed by atoms with E-state index in [-0.39, 0.29) is 16.4 Å². The Hall–Kier alpha value is -2.84. The number of nitrogens with zero attached hydrogens (tertiary/aromatic N) is 1. The van der Waals surface area contributed by atoms with E-state index >= 15 is 0 Å². The van der Waals surface area contributed by atoms with E-state index in [0.717, 1.165) is 50.2 Å². The predicted octanol–water partition coefficient (Wildman–Crippen LogP) is 5.94. The Morgan fingerprint density at radius 2 is 2.03 bits per heavy atom. The molecular weight excluding hydrogens is 468 g/mol. The molecule has 0 saturated carbocycles. The Balaban J connectivity index is 1.26. The molecule has 176 valence electrons. The van der Waals surface area contributed by atoms with E-state index in [0.29, 0.717) is 37.2 Å². The summed E-state index contributed by atoms with van der Waals surface area (Å²) in [5.41, 5.74) is 2.99.